The predicted molar refractivity (Wildman–Crippen MR) is 82.7 cm³/mol. The van der Waals surface area contributed by atoms with Gasteiger partial charge in [-0.25, -0.2) is 10.9 Å². The highest BCUT2D eigenvalue weighted by molar-refractivity contribution is 5.89. The number of hydrazine groups is 2. The first kappa shape index (κ1) is 21.2. The van der Waals surface area contributed by atoms with Crippen LogP contribution in [0.15, 0.2) is 0 Å². The Balaban J connectivity index is 4.93. The molecule has 0 aromatic rings. The maximum Gasteiger partial charge on any atom is 0.280 e. The summed E-state index contributed by atoms with van der Waals surface area (Å²) in [6.07, 6.45) is -0.416. The van der Waals surface area contributed by atoms with E-state index in [-0.39, 0.29) is 13.0 Å². The number of amides is 3. The molecule has 11 N–H and O–H groups in total. The van der Waals surface area contributed by atoms with E-state index in [0.717, 1.165) is 0 Å². The van der Waals surface area contributed by atoms with Crippen LogP contribution in [-0.2, 0) is 14.4 Å². The number of nitrogens with zero attached hydrogens (tertiary/aromatic N) is 1. The number of carbonyl (C=O) groups is 3. The third kappa shape index (κ3) is 7.85. The minimum absolute atomic E-state index is 0.0558. The summed E-state index contributed by atoms with van der Waals surface area (Å²) in [4.78, 5) is 35.6. The number of hydrogen-bond donors (Lipinski definition) is 7. The molecule has 0 aromatic heterocycles. The highest BCUT2D eigenvalue weighted by Crippen LogP contribution is 1.97. The second-order valence-electron chi connectivity index (χ2n) is 5.03. The molecule has 0 aliphatic rings. The zero-order valence-electron chi connectivity index (χ0n) is 13.2. The summed E-state index contributed by atoms with van der Waals surface area (Å²) in [5, 5.41) is 9.91. The smallest absolute Gasteiger partial charge is 0.280 e. The van der Waals surface area contributed by atoms with Gasteiger partial charge in [0, 0.05) is 13.0 Å². The summed E-state index contributed by atoms with van der Waals surface area (Å²) in [6, 6.07) is -2.25. The number of hydrogen-bond acceptors (Lipinski definition) is 8. The van der Waals surface area contributed by atoms with Gasteiger partial charge in [-0.1, -0.05) is 0 Å². The largest absolute Gasteiger partial charge is 0.391 e. The minimum atomic E-state index is -1.34. The van der Waals surface area contributed by atoms with Crippen molar-refractivity contribution in [2.24, 2.45) is 22.9 Å². The normalized spacial score (nSPS) is 14.5. The van der Waals surface area contributed by atoms with Gasteiger partial charge in [-0.2, -0.15) is 5.12 Å². The molecular formula is C12H27N7O4. The molecule has 0 bridgehead atoms. The van der Waals surface area contributed by atoms with Gasteiger partial charge >= 0.3 is 0 Å². The second kappa shape index (κ2) is 10.9. The highest BCUT2D eigenvalue weighted by Gasteiger charge is 2.28. The second-order valence-corrected chi connectivity index (χ2v) is 5.03. The van der Waals surface area contributed by atoms with E-state index >= 15 is 0 Å². The summed E-state index contributed by atoms with van der Waals surface area (Å²) in [7, 11) is 0. The van der Waals surface area contributed by atoms with Gasteiger partial charge in [0.1, 0.15) is 6.04 Å². The maximum absolute atomic E-state index is 12.1. The monoisotopic (exact) mass is 333 g/mol. The van der Waals surface area contributed by atoms with E-state index in [1.54, 1.807) is 0 Å². The van der Waals surface area contributed by atoms with Gasteiger partial charge in [0.2, 0.25) is 5.91 Å². The lowest BCUT2D eigenvalue weighted by atomic mass is 10.1. The first-order valence-electron chi connectivity index (χ1n) is 7.27. The molecular weight excluding hydrogens is 306 g/mol. The van der Waals surface area contributed by atoms with Gasteiger partial charge in [0.15, 0.2) is 0 Å². The molecule has 0 heterocycles. The van der Waals surface area contributed by atoms with Crippen molar-refractivity contribution in [3.63, 3.8) is 0 Å². The summed E-state index contributed by atoms with van der Waals surface area (Å²) in [5.74, 6) is -2.20. The van der Waals surface area contributed by atoms with E-state index < -0.39 is 35.9 Å². The molecule has 23 heavy (non-hydrogen) atoms. The van der Waals surface area contributed by atoms with E-state index in [1.807, 2.05) is 0 Å². The van der Waals surface area contributed by atoms with Crippen molar-refractivity contribution in [3.05, 3.63) is 0 Å². The van der Waals surface area contributed by atoms with Crippen LogP contribution < -0.4 is 33.8 Å². The first-order valence-corrected chi connectivity index (χ1v) is 7.27. The SMILES string of the molecule is C[C@@H](O)[C@H](N)C(=O)N(NC(=O)CCN)NC(=O)[C@@H](N)CCCN. The molecule has 0 fully saturated rings. The summed E-state index contributed by atoms with van der Waals surface area (Å²) in [6.45, 7) is 1.72. The fourth-order valence-electron chi connectivity index (χ4n) is 1.47. The van der Waals surface area contributed by atoms with Gasteiger partial charge in [-0.05, 0) is 26.3 Å². The van der Waals surface area contributed by atoms with Crippen LogP contribution in [0.4, 0.5) is 0 Å². The zero-order chi connectivity index (χ0) is 18.0. The van der Waals surface area contributed by atoms with E-state index in [2.05, 4.69) is 10.9 Å². The number of carbonyl (C=O) groups excluding carboxylic acids is 3. The quantitative estimate of drug-likeness (QED) is 0.217. The van der Waals surface area contributed by atoms with Crippen molar-refractivity contribution in [1.29, 1.82) is 0 Å². The first-order chi connectivity index (χ1) is 10.7. The molecule has 11 heteroatoms. The fourth-order valence-corrected chi connectivity index (χ4v) is 1.47. The Morgan fingerprint density at radius 2 is 1.74 bits per heavy atom. The molecule has 11 nitrogen and oxygen atoms in total. The van der Waals surface area contributed by atoms with Crippen molar-refractivity contribution < 1.29 is 19.5 Å². The van der Waals surface area contributed by atoms with E-state index in [9.17, 15) is 19.5 Å². The molecule has 0 saturated heterocycles. The van der Waals surface area contributed by atoms with E-state index in [0.29, 0.717) is 24.5 Å². The summed E-state index contributed by atoms with van der Waals surface area (Å²) < 4.78 is 0. The number of aliphatic hydroxyl groups is 1. The molecule has 0 aliphatic carbocycles. The molecule has 0 rings (SSSR count). The minimum Gasteiger partial charge on any atom is -0.391 e. The maximum atomic E-state index is 12.1. The average molecular weight is 333 g/mol. The Morgan fingerprint density at radius 1 is 1.13 bits per heavy atom. The Bertz CT molecular complexity index is 405. The molecule has 134 valence electrons. The molecule has 0 spiro atoms. The van der Waals surface area contributed by atoms with Gasteiger partial charge in [0.25, 0.3) is 11.8 Å². The van der Waals surface area contributed by atoms with Crippen molar-refractivity contribution in [3.8, 4) is 0 Å². The van der Waals surface area contributed by atoms with Crippen LogP contribution in [0.25, 0.3) is 0 Å². The average Bonchev–Trinajstić information content (AvgIpc) is 2.50. The Morgan fingerprint density at radius 3 is 2.22 bits per heavy atom. The molecule has 0 aromatic carbocycles. The Hall–Kier alpha value is -1.79. The highest BCUT2D eigenvalue weighted by atomic mass is 16.3. The zero-order valence-corrected chi connectivity index (χ0v) is 13.2. The van der Waals surface area contributed by atoms with Gasteiger partial charge < -0.3 is 28.0 Å². The number of nitrogens with one attached hydrogen (secondary N) is 2. The lowest BCUT2D eigenvalue weighted by molar-refractivity contribution is -0.153. The number of aliphatic hydroxyl groups excluding tert-OH is 1. The molecule has 0 unspecified atom stereocenters. The molecule has 3 amide bonds. The Kier molecular flexibility index (Phi) is 10.0. The van der Waals surface area contributed by atoms with Crippen LogP contribution in [0, 0.1) is 0 Å². The van der Waals surface area contributed by atoms with Crippen LogP contribution in [-0.4, -0.2) is 59.2 Å². The molecule has 0 radical (unpaired) electrons. The van der Waals surface area contributed by atoms with Crippen molar-refractivity contribution >= 4 is 17.7 Å². The van der Waals surface area contributed by atoms with Crippen molar-refractivity contribution in [2.45, 2.75) is 44.4 Å². The summed E-state index contributed by atoms with van der Waals surface area (Å²) >= 11 is 0. The van der Waals surface area contributed by atoms with Crippen LogP contribution in [0.3, 0.4) is 0 Å². The third-order valence-corrected chi connectivity index (χ3v) is 2.91. The van der Waals surface area contributed by atoms with E-state index in [4.69, 9.17) is 22.9 Å². The number of rotatable bonds is 8. The van der Waals surface area contributed by atoms with Crippen LogP contribution in [0.5, 0.6) is 0 Å². The van der Waals surface area contributed by atoms with Gasteiger partial charge in [-0.15, -0.1) is 0 Å². The van der Waals surface area contributed by atoms with Gasteiger partial charge in [0.05, 0.1) is 12.1 Å². The summed E-state index contributed by atoms with van der Waals surface area (Å²) in [5.41, 5.74) is 26.1. The van der Waals surface area contributed by atoms with Crippen LogP contribution in [0.2, 0.25) is 0 Å². The Labute approximate surface area is 134 Å². The van der Waals surface area contributed by atoms with Crippen molar-refractivity contribution in [2.75, 3.05) is 13.1 Å². The predicted octanol–water partition coefficient (Wildman–Crippen LogP) is -4.00. The van der Waals surface area contributed by atoms with Gasteiger partial charge in [-0.3, -0.25) is 14.4 Å². The van der Waals surface area contributed by atoms with E-state index in [1.165, 1.54) is 6.92 Å². The lowest BCUT2D eigenvalue weighted by Gasteiger charge is -2.28. The molecule has 3 atom stereocenters. The topological polar surface area (TPSA) is 203 Å². The number of nitrogens with two attached hydrogens (primary N) is 4. The lowest BCUT2D eigenvalue weighted by Crippen LogP contribution is -2.63. The van der Waals surface area contributed by atoms with Crippen LogP contribution >= 0.6 is 0 Å². The fraction of sp³-hybridized carbons (Fsp3) is 0.750. The van der Waals surface area contributed by atoms with Crippen LogP contribution in [0.1, 0.15) is 26.2 Å². The standard InChI is InChI=1S/C12H27N7O4/c1-7(20)10(16)12(23)19(17-9(21)4-6-14)18-11(22)8(15)3-2-5-13/h7-8,10,20H,2-6,13-16H2,1H3,(H,17,21)(H,18,22)/t7-,8+,10+/m1/s1. The third-order valence-electron chi connectivity index (χ3n) is 2.91. The molecule has 0 aliphatic heterocycles. The van der Waals surface area contributed by atoms with Crippen molar-refractivity contribution in [1.82, 2.24) is 16.0 Å². The molecule has 0 saturated carbocycles.